The summed E-state index contributed by atoms with van der Waals surface area (Å²) in [7, 11) is 3.03. The summed E-state index contributed by atoms with van der Waals surface area (Å²) in [5.41, 5.74) is 1.09. The molecule has 1 amide bonds. The van der Waals surface area contributed by atoms with Gasteiger partial charge in [-0.25, -0.2) is 0 Å². The number of nitrogens with zero attached hydrogens (tertiary/aromatic N) is 1. The Morgan fingerprint density at radius 1 is 1.07 bits per heavy atom. The zero-order chi connectivity index (χ0) is 21.0. The Morgan fingerprint density at radius 3 is 2.31 bits per heavy atom. The summed E-state index contributed by atoms with van der Waals surface area (Å²) in [6.07, 6.45) is 2.35. The van der Waals surface area contributed by atoms with E-state index >= 15 is 0 Å². The molecule has 156 valence electrons. The second-order valence-corrected chi connectivity index (χ2v) is 8.23. The van der Waals surface area contributed by atoms with Crippen LogP contribution in [0.15, 0.2) is 42.5 Å². The minimum absolute atomic E-state index is 0.220. The van der Waals surface area contributed by atoms with Crippen molar-refractivity contribution < 1.29 is 14.3 Å². The molecule has 3 rings (SSSR count). The monoisotopic (exact) mass is 416 g/mol. The first kappa shape index (κ1) is 21.5. The molecule has 5 nitrogen and oxygen atoms in total. The Balaban J connectivity index is 2.01. The number of methoxy groups -OCH3 is 2. The summed E-state index contributed by atoms with van der Waals surface area (Å²) in [5.74, 6) is 0.464. The van der Waals surface area contributed by atoms with E-state index in [1.54, 1.807) is 12.1 Å². The molecule has 0 saturated carbocycles. The van der Waals surface area contributed by atoms with Crippen LogP contribution in [0.3, 0.4) is 0 Å². The average molecular weight is 417 g/mol. The van der Waals surface area contributed by atoms with Crippen LogP contribution in [0, 0.1) is 0 Å². The number of halogens is 1. The second-order valence-electron chi connectivity index (χ2n) is 7.82. The Labute approximate surface area is 177 Å². The summed E-state index contributed by atoms with van der Waals surface area (Å²) in [6.45, 7) is 6.41. The molecule has 0 radical (unpaired) electrons. The lowest BCUT2D eigenvalue weighted by Crippen LogP contribution is -2.52. The molecule has 1 aliphatic rings. The number of hydrogen-bond acceptors (Lipinski definition) is 4. The van der Waals surface area contributed by atoms with Crippen LogP contribution in [0.1, 0.15) is 48.7 Å². The SMILES string of the molecule is COc1ccc(Cl)c(OC)c1C(=O)NC(c1ccccc1)C(C)(C)N1CCCC1. The number of hydrogen-bond donors (Lipinski definition) is 1. The molecule has 6 heteroatoms. The topological polar surface area (TPSA) is 50.8 Å². The van der Waals surface area contributed by atoms with Crippen LogP contribution >= 0.6 is 11.6 Å². The van der Waals surface area contributed by atoms with Crippen molar-refractivity contribution in [2.24, 2.45) is 0 Å². The van der Waals surface area contributed by atoms with Gasteiger partial charge in [-0.15, -0.1) is 0 Å². The Morgan fingerprint density at radius 2 is 1.72 bits per heavy atom. The van der Waals surface area contributed by atoms with E-state index in [1.807, 2.05) is 18.2 Å². The molecule has 1 unspecified atom stereocenters. The molecule has 1 N–H and O–H groups in total. The molecule has 0 aromatic heterocycles. The number of likely N-dealkylation sites (tertiary alicyclic amines) is 1. The molecule has 0 aliphatic carbocycles. The van der Waals surface area contributed by atoms with E-state index in [2.05, 4.69) is 36.2 Å². The van der Waals surface area contributed by atoms with Gasteiger partial charge in [0.05, 0.1) is 25.3 Å². The van der Waals surface area contributed by atoms with E-state index in [-0.39, 0.29) is 17.5 Å². The number of rotatable bonds is 7. The smallest absolute Gasteiger partial charge is 0.259 e. The van der Waals surface area contributed by atoms with Crippen molar-refractivity contribution in [1.82, 2.24) is 10.2 Å². The van der Waals surface area contributed by atoms with Crippen LogP contribution in [-0.2, 0) is 0 Å². The first-order valence-electron chi connectivity index (χ1n) is 9.91. The predicted molar refractivity (Wildman–Crippen MR) is 116 cm³/mol. The fraction of sp³-hybridized carbons (Fsp3) is 0.435. The molecular weight excluding hydrogens is 388 g/mol. The lowest BCUT2D eigenvalue weighted by atomic mass is 9.86. The first-order valence-corrected chi connectivity index (χ1v) is 10.3. The lowest BCUT2D eigenvalue weighted by molar-refractivity contribution is 0.0773. The van der Waals surface area contributed by atoms with Gasteiger partial charge in [-0.05, 0) is 57.5 Å². The maximum atomic E-state index is 13.5. The normalized spacial score (nSPS) is 15.8. The first-order chi connectivity index (χ1) is 13.9. The molecule has 1 heterocycles. The fourth-order valence-corrected chi connectivity index (χ4v) is 4.35. The van der Waals surface area contributed by atoms with Crippen LogP contribution in [0.4, 0.5) is 0 Å². The molecule has 0 spiro atoms. The van der Waals surface area contributed by atoms with Crippen LogP contribution < -0.4 is 14.8 Å². The molecule has 2 aromatic carbocycles. The number of amides is 1. The molecule has 29 heavy (non-hydrogen) atoms. The van der Waals surface area contributed by atoms with Crippen molar-refractivity contribution in [2.75, 3.05) is 27.3 Å². The fourth-order valence-electron chi connectivity index (χ4n) is 4.12. The number of nitrogens with one attached hydrogen (secondary N) is 1. The van der Waals surface area contributed by atoms with E-state index in [0.29, 0.717) is 22.1 Å². The highest BCUT2D eigenvalue weighted by atomic mass is 35.5. The number of carbonyl (C=O) groups is 1. The summed E-state index contributed by atoms with van der Waals surface area (Å²) < 4.78 is 10.9. The third-order valence-electron chi connectivity index (χ3n) is 5.76. The Kier molecular flexibility index (Phi) is 6.70. The van der Waals surface area contributed by atoms with Crippen LogP contribution in [0.2, 0.25) is 5.02 Å². The van der Waals surface area contributed by atoms with Gasteiger partial charge in [0.25, 0.3) is 5.91 Å². The van der Waals surface area contributed by atoms with E-state index in [9.17, 15) is 4.79 Å². The highest BCUT2D eigenvalue weighted by Gasteiger charge is 2.39. The lowest BCUT2D eigenvalue weighted by Gasteiger charge is -2.42. The summed E-state index contributed by atoms with van der Waals surface area (Å²) >= 11 is 6.28. The second kappa shape index (κ2) is 9.06. The maximum Gasteiger partial charge on any atom is 0.259 e. The quantitative estimate of drug-likeness (QED) is 0.710. The van der Waals surface area contributed by atoms with Crippen molar-refractivity contribution in [3.8, 4) is 11.5 Å². The molecule has 1 aliphatic heterocycles. The highest BCUT2D eigenvalue weighted by Crippen LogP contribution is 2.38. The van der Waals surface area contributed by atoms with Gasteiger partial charge in [0, 0.05) is 5.54 Å². The van der Waals surface area contributed by atoms with Gasteiger partial charge in [-0.3, -0.25) is 9.69 Å². The highest BCUT2D eigenvalue weighted by molar-refractivity contribution is 6.32. The van der Waals surface area contributed by atoms with E-state index in [4.69, 9.17) is 21.1 Å². The Hall–Kier alpha value is -2.24. The zero-order valence-corrected chi connectivity index (χ0v) is 18.3. The van der Waals surface area contributed by atoms with Gasteiger partial charge in [-0.1, -0.05) is 41.9 Å². The van der Waals surface area contributed by atoms with E-state index in [0.717, 1.165) is 18.7 Å². The molecule has 2 aromatic rings. The summed E-state index contributed by atoms with van der Waals surface area (Å²) in [5, 5.41) is 3.61. The number of ether oxygens (including phenoxy) is 2. The minimum atomic E-state index is -0.276. The van der Waals surface area contributed by atoms with E-state index in [1.165, 1.54) is 27.1 Å². The third kappa shape index (κ3) is 4.36. The van der Waals surface area contributed by atoms with Crippen molar-refractivity contribution in [2.45, 2.75) is 38.3 Å². The van der Waals surface area contributed by atoms with Gasteiger partial charge in [0.1, 0.15) is 11.3 Å². The van der Waals surface area contributed by atoms with Gasteiger partial charge in [-0.2, -0.15) is 0 Å². The standard InChI is InChI=1S/C23H29ClN2O3/c1-23(2,26-14-8-9-15-26)21(16-10-6-5-7-11-16)25-22(27)19-18(28-3)13-12-17(24)20(19)29-4/h5-7,10-13,21H,8-9,14-15H2,1-4H3,(H,25,27). The van der Waals surface area contributed by atoms with Crippen LogP contribution in [0.5, 0.6) is 11.5 Å². The van der Waals surface area contributed by atoms with Crippen LogP contribution in [-0.4, -0.2) is 43.7 Å². The Bertz CT molecular complexity index is 849. The van der Waals surface area contributed by atoms with Crippen molar-refractivity contribution in [3.05, 3.63) is 58.6 Å². The molecule has 1 saturated heterocycles. The summed E-state index contributed by atoms with van der Waals surface area (Å²) in [4.78, 5) is 15.9. The number of carbonyl (C=O) groups excluding carboxylic acids is 1. The predicted octanol–water partition coefficient (Wildman–Crippen LogP) is 4.70. The van der Waals surface area contributed by atoms with Crippen molar-refractivity contribution in [3.63, 3.8) is 0 Å². The van der Waals surface area contributed by atoms with Gasteiger partial charge < -0.3 is 14.8 Å². The van der Waals surface area contributed by atoms with E-state index < -0.39 is 0 Å². The number of benzene rings is 2. The van der Waals surface area contributed by atoms with Gasteiger partial charge in [0.2, 0.25) is 0 Å². The maximum absolute atomic E-state index is 13.5. The molecule has 0 bridgehead atoms. The molecule has 1 fully saturated rings. The minimum Gasteiger partial charge on any atom is -0.496 e. The van der Waals surface area contributed by atoms with Crippen molar-refractivity contribution in [1.29, 1.82) is 0 Å². The van der Waals surface area contributed by atoms with Crippen LogP contribution in [0.25, 0.3) is 0 Å². The molecule has 1 atom stereocenters. The molecular formula is C23H29ClN2O3. The van der Waals surface area contributed by atoms with Crippen molar-refractivity contribution >= 4 is 17.5 Å². The van der Waals surface area contributed by atoms with Gasteiger partial charge >= 0.3 is 0 Å². The third-order valence-corrected chi connectivity index (χ3v) is 6.06. The average Bonchev–Trinajstić information content (AvgIpc) is 3.28. The summed E-state index contributed by atoms with van der Waals surface area (Å²) in [6, 6.07) is 13.2. The van der Waals surface area contributed by atoms with Gasteiger partial charge in [0.15, 0.2) is 5.75 Å². The zero-order valence-electron chi connectivity index (χ0n) is 17.5. The largest absolute Gasteiger partial charge is 0.496 e.